The number of hydrogen-bond donors (Lipinski definition) is 0. The second-order valence-electron chi connectivity index (χ2n) is 2.30. The SMILES string of the molecule is O=C(CBr)c1cc(Cl)c(Cl)cc1Br. The predicted molar refractivity (Wildman–Crippen MR) is 62.3 cm³/mol. The van der Waals surface area contributed by atoms with Gasteiger partial charge in [0.15, 0.2) is 5.78 Å². The summed E-state index contributed by atoms with van der Waals surface area (Å²) < 4.78 is 0.659. The summed E-state index contributed by atoms with van der Waals surface area (Å²) in [6.45, 7) is 0. The first-order valence-electron chi connectivity index (χ1n) is 3.30. The van der Waals surface area contributed by atoms with Gasteiger partial charge in [0.1, 0.15) is 0 Å². The van der Waals surface area contributed by atoms with E-state index in [1.807, 2.05) is 0 Å². The van der Waals surface area contributed by atoms with Gasteiger partial charge in [-0.2, -0.15) is 0 Å². The zero-order valence-corrected chi connectivity index (χ0v) is 11.0. The van der Waals surface area contributed by atoms with E-state index < -0.39 is 0 Å². The lowest BCUT2D eigenvalue weighted by Crippen LogP contribution is -2.00. The fraction of sp³-hybridized carbons (Fsp3) is 0.125. The number of benzene rings is 1. The maximum atomic E-state index is 11.3. The molecule has 1 rings (SSSR count). The fourth-order valence-corrected chi connectivity index (χ4v) is 2.13. The molecule has 13 heavy (non-hydrogen) atoms. The summed E-state index contributed by atoms with van der Waals surface area (Å²) in [4.78, 5) is 11.3. The largest absolute Gasteiger partial charge is 0.293 e. The number of halogens is 4. The van der Waals surface area contributed by atoms with E-state index in [1.54, 1.807) is 12.1 Å². The molecule has 0 spiro atoms. The van der Waals surface area contributed by atoms with Gasteiger partial charge in [-0.05, 0) is 28.1 Å². The van der Waals surface area contributed by atoms with Crippen LogP contribution in [0.15, 0.2) is 16.6 Å². The van der Waals surface area contributed by atoms with Crippen LogP contribution >= 0.6 is 55.1 Å². The van der Waals surface area contributed by atoms with E-state index in [0.717, 1.165) is 0 Å². The Morgan fingerprint density at radius 3 is 2.38 bits per heavy atom. The Labute approximate surface area is 103 Å². The molecular formula is C8H4Br2Cl2O. The van der Waals surface area contributed by atoms with Crippen LogP contribution < -0.4 is 0 Å². The minimum absolute atomic E-state index is 0.0366. The Kier molecular flexibility index (Phi) is 4.23. The number of ketones is 1. The van der Waals surface area contributed by atoms with Gasteiger partial charge in [-0.1, -0.05) is 39.1 Å². The number of alkyl halides is 1. The van der Waals surface area contributed by atoms with Crippen LogP contribution in [-0.4, -0.2) is 11.1 Å². The molecule has 70 valence electrons. The van der Waals surface area contributed by atoms with Gasteiger partial charge in [0, 0.05) is 10.0 Å². The highest BCUT2D eigenvalue weighted by molar-refractivity contribution is 9.10. The van der Waals surface area contributed by atoms with Crippen molar-refractivity contribution in [3.63, 3.8) is 0 Å². The standard InChI is InChI=1S/C8H4Br2Cl2O/c9-3-8(13)4-1-6(11)7(12)2-5(4)10/h1-2H,3H2. The monoisotopic (exact) mass is 344 g/mol. The molecule has 0 atom stereocenters. The highest BCUT2D eigenvalue weighted by atomic mass is 79.9. The molecule has 0 amide bonds. The Morgan fingerprint density at radius 1 is 1.31 bits per heavy atom. The van der Waals surface area contributed by atoms with Gasteiger partial charge in [0.05, 0.1) is 15.4 Å². The summed E-state index contributed by atoms with van der Waals surface area (Å²) >= 11 is 17.8. The van der Waals surface area contributed by atoms with Crippen molar-refractivity contribution in [2.24, 2.45) is 0 Å². The lowest BCUT2D eigenvalue weighted by Gasteiger charge is -2.03. The molecule has 0 heterocycles. The fourth-order valence-electron chi connectivity index (χ4n) is 0.808. The predicted octanol–water partition coefficient (Wildman–Crippen LogP) is 4.33. The smallest absolute Gasteiger partial charge is 0.174 e. The third kappa shape index (κ3) is 2.69. The number of Topliss-reactive ketones (excluding diaryl/α,β-unsaturated/α-hetero) is 1. The van der Waals surface area contributed by atoms with Crippen LogP contribution in [0.5, 0.6) is 0 Å². The number of rotatable bonds is 2. The normalized spacial score (nSPS) is 10.2. The van der Waals surface area contributed by atoms with Crippen molar-refractivity contribution in [3.8, 4) is 0 Å². The van der Waals surface area contributed by atoms with E-state index in [0.29, 0.717) is 20.1 Å². The van der Waals surface area contributed by atoms with E-state index in [4.69, 9.17) is 23.2 Å². The van der Waals surface area contributed by atoms with Crippen molar-refractivity contribution >= 4 is 60.8 Å². The molecule has 0 aromatic heterocycles. The lowest BCUT2D eigenvalue weighted by atomic mass is 10.1. The zero-order valence-electron chi connectivity index (χ0n) is 6.28. The van der Waals surface area contributed by atoms with Crippen LogP contribution in [-0.2, 0) is 0 Å². The average Bonchev–Trinajstić information content (AvgIpc) is 2.10. The van der Waals surface area contributed by atoms with Crippen molar-refractivity contribution in [2.45, 2.75) is 0 Å². The minimum atomic E-state index is -0.0366. The summed E-state index contributed by atoms with van der Waals surface area (Å²) in [5, 5.41) is 1.08. The summed E-state index contributed by atoms with van der Waals surface area (Å²) in [7, 11) is 0. The molecule has 0 saturated carbocycles. The molecule has 0 N–H and O–H groups in total. The average molecular weight is 347 g/mol. The van der Waals surface area contributed by atoms with Crippen LogP contribution in [0.2, 0.25) is 10.0 Å². The second kappa shape index (κ2) is 4.78. The molecule has 1 aromatic carbocycles. The van der Waals surface area contributed by atoms with Crippen LogP contribution in [0.3, 0.4) is 0 Å². The van der Waals surface area contributed by atoms with Crippen molar-refractivity contribution in [2.75, 3.05) is 5.33 Å². The zero-order chi connectivity index (χ0) is 10.0. The highest BCUT2D eigenvalue weighted by Crippen LogP contribution is 2.29. The second-order valence-corrected chi connectivity index (χ2v) is 4.53. The van der Waals surface area contributed by atoms with E-state index in [2.05, 4.69) is 31.9 Å². The quantitative estimate of drug-likeness (QED) is 0.442. The number of hydrogen-bond acceptors (Lipinski definition) is 1. The van der Waals surface area contributed by atoms with Crippen molar-refractivity contribution in [3.05, 3.63) is 32.2 Å². The Bertz CT molecular complexity index is 352. The molecule has 0 aliphatic carbocycles. The van der Waals surface area contributed by atoms with E-state index in [9.17, 15) is 4.79 Å². The summed E-state index contributed by atoms with van der Waals surface area (Å²) in [5.74, 6) is -0.0366. The molecule has 5 heteroatoms. The summed E-state index contributed by atoms with van der Waals surface area (Å²) in [6, 6.07) is 3.16. The molecule has 0 unspecified atom stereocenters. The van der Waals surface area contributed by atoms with E-state index in [-0.39, 0.29) is 11.1 Å². The van der Waals surface area contributed by atoms with Crippen LogP contribution in [0.4, 0.5) is 0 Å². The molecule has 1 nitrogen and oxygen atoms in total. The topological polar surface area (TPSA) is 17.1 Å². The van der Waals surface area contributed by atoms with Gasteiger partial charge in [-0.15, -0.1) is 0 Å². The van der Waals surface area contributed by atoms with E-state index >= 15 is 0 Å². The molecule has 0 radical (unpaired) electrons. The van der Waals surface area contributed by atoms with Crippen LogP contribution in [0, 0.1) is 0 Å². The van der Waals surface area contributed by atoms with Gasteiger partial charge >= 0.3 is 0 Å². The number of carbonyl (C=O) groups is 1. The van der Waals surface area contributed by atoms with Gasteiger partial charge in [0.2, 0.25) is 0 Å². The van der Waals surface area contributed by atoms with Crippen molar-refractivity contribution in [1.82, 2.24) is 0 Å². The van der Waals surface area contributed by atoms with Gasteiger partial charge in [0.25, 0.3) is 0 Å². The molecule has 0 saturated heterocycles. The third-order valence-electron chi connectivity index (χ3n) is 1.43. The van der Waals surface area contributed by atoms with E-state index in [1.165, 1.54) is 0 Å². The van der Waals surface area contributed by atoms with Crippen LogP contribution in [0.25, 0.3) is 0 Å². The third-order valence-corrected chi connectivity index (χ3v) is 3.32. The van der Waals surface area contributed by atoms with Crippen LogP contribution in [0.1, 0.15) is 10.4 Å². The Hall–Kier alpha value is 0.430. The Morgan fingerprint density at radius 2 is 1.85 bits per heavy atom. The molecule has 0 aliphatic heterocycles. The molecule has 1 aromatic rings. The first-order valence-corrected chi connectivity index (χ1v) is 5.97. The minimum Gasteiger partial charge on any atom is -0.293 e. The van der Waals surface area contributed by atoms with Gasteiger partial charge in [-0.25, -0.2) is 0 Å². The number of carbonyl (C=O) groups excluding carboxylic acids is 1. The van der Waals surface area contributed by atoms with Crippen molar-refractivity contribution < 1.29 is 4.79 Å². The summed E-state index contributed by atoms with van der Waals surface area (Å²) in [6.07, 6.45) is 0. The summed E-state index contributed by atoms with van der Waals surface area (Å²) in [5.41, 5.74) is 0.534. The lowest BCUT2D eigenvalue weighted by molar-refractivity contribution is 0.102. The maximum Gasteiger partial charge on any atom is 0.174 e. The highest BCUT2D eigenvalue weighted by Gasteiger charge is 2.11. The molecular weight excluding hydrogens is 343 g/mol. The van der Waals surface area contributed by atoms with Crippen molar-refractivity contribution in [1.29, 1.82) is 0 Å². The Balaban J connectivity index is 3.23. The first-order chi connectivity index (χ1) is 6.06. The molecule has 0 bridgehead atoms. The van der Waals surface area contributed by atoms with Gasteiger partial charge < -0.3 is 0 Å². The molecule has 0 aliphatic rings. The van der Waals surface area contributed by atoms with Gasteiger partial charge in [-0.3, -0.25) is 4.79 Å². The molecule has 0 fully saturated rings. The first kappa shape index (κ1) is 11.5. The maximum absolute atomic E-state index is 11.3.